The van der Waals surface area contributed by atoms with Crippen LogP contribution in [0, 0.1) is 0 Å². The topological polar surface area (TPSA) is 67.5 Å². The molecule has 2 aromatic carbocycles. The first-order valence-electron chi connectivity index (χ1n) is 6.43. The molecule has 0 aliphatic carbocycles. The molecule has 0 aliphatic heterocycles. The highest BCUT2D eigenvalue weighted by Gasteiger charge is 2.11. The van der Waals surface area contributed by atoms with Crippen molar-refractivity contribution in [1.82, 2.24) is 0 Å². The molecule has 1 aromatic heterocycles. The number of ketones is 1. The van der Waals surface area contributed by atoms with Crippen LogP contribution in [-0.4, -0.2) is 10.9 Å². The van der Waals surface area contributed by atoms with Gasteiger partial charge in [-0.1, -0.05) is 30.3 Å². The van der Waals surface area contributed by atoms with E-state index in [4.69, 9.17) is 4.42 Å². The summed E-state index contributed by atoms with van der Waals surface area (Å²) in [5, 5.41) is 12.5. The quantitative estimate of drug-likeness (QED) is 0.338. The zero-order chi connectivity index (χ0) is 15.0. The first-order valence-corrected chi connectivity index (χ1v) is 6.43. The van der Waals surface area contributed by atoms with Crippen LogP contribution in [0.4, 0.5) is 0 Å². The van der Waals surface area contributed by atoms with Gasteiger partial charge in [0.15, 0.2) is 5.78 Å². The van der Waals surface area contributed by atoms with Crippen LogP contribution in [0.1, 0.15) is 12.5 Å². The smallest absolute Gasteiger partial charge is 0.347 e. The highest BCUT2D eigenvalue weighted by atomic mass is 16.4. The van der Waals surface area contributed by atoms with Crippen molar-refractivity contribution in [2.75, 3.05) is 0 Å². The maximum Gasteiger partial charge on any atom is 0.347 e. The third-order valence-corrected chi connectivity index (χ3v) is 3.26. The van der Waals surface area contributed by atoms with Crippen LogP contribution in [0.5, 0.6) is 0 Å². The minimum absolute atomic E-state index is 0.0194. The fourth-order valence-corrected chi connectivity index (χ4v) is 2.32. The van der Waals surface area contributed by atoms with Crippen molar-refractivity contribution in [1.29, 1.82) is 0 Å². The largest absolute Gasteiger partial charge is 0.507 e. The molecule has 0 amide bonds. The number of benzene rings is 2. The Bertz CT molecular complexity index is 948. The zero-order valence-electron chi connectivity index (χ0n) is 11.3. The van der Waals surface area contributed by atoms with Gasteiger partial charge in [-0.15, -0.1) is 0 Å². The number of fused-ring (bicyclic) bond motifs is 3. The van der Waals surface area contributed by atoms with Crippen molar-refractivity contribution >= 4 is 33.3 Å². The van der Waals surface area contributed by atoms with Gasteiger partial charge in [0, 0.05) is 11.5 Å². The van der Waals surface area contributed by atoms with E-state index in [1.807, 2.05) is 30.3 Å². The van der Waals surface area contributed by atoms with Gasteiger partial charge in [0.1, 0.15) is 16.9 Å². The van der Waals surface area contributed by atoms with Gasteiger partial charge in [-0.05, 0) is 29.8 Å². The highest BCUT2D eigenvalue weighted by molar-refractivity contribution is 6.06. The van der Waals surface area contributed by atoms with E-state index >= 15 is 0 Å². The summed E-state index contributed by atoms with van der Waals surface area (Å²) in [6.45, 7) is 1.30. The molecule has 104 valence electrons. The van der Waals surface area contributed by atoms with Crippen LogP contribution in [-0.2, 0) is 4.79 Å². The molecule has 0 fully saturated rings. The van der Waals surface area contributed by atoms with E-state index in [9.17, 15) is 14.7 Å². The summed E-state index contributed by atoms with van der Waals surface area (Å²) in [4.78, 5) is 23.0. The third-order valence-electron chi connectivity index (χ3n) is 3.26. The molecule has 3 rings (SSSR count). The van der Waals surface area contributed by atoms with E-state index in [-0.39, 0.29) is 17.1 Å². The molecular formula is C17H12O4. The second kappa shape index (κ2) is 4.90. The van der Waals surface area contributed by atoms with Crippen LogP contribution >= 0.6 is 0 Å². The predicted molar refractivity (Wildman–Crippen MR) is 81.3 cm³/mol. The Hall–Kier alpha value is -2.88. The van der Waals surface area contributed by atoms with Crippen molar-refractivity contribution in [3.8, 4) is 0 Å². The second-order valence-electron chi connectivity index (χ2n) is 4.79. The van der Waals surface area contributed by atoms with Crippen molar-refractivity contribution in [2.24, 2.45) is 0 Å². The second-order valence-corrected chi connectivity index (χ2v) is 4.79. The molecule has 1 N–H and O–H groups in total. The molecular weight excluding hydrogens is 268 g/mol. The maximum absolute atomic E-state index is 11.9. The summed E-state index contributed by atoms with van der Waals surface area (Å²) in [5.41, 5.74) is -0.250. The number of rotatable bonds is 2. The molecule has 3 aromatic rings. The zero-order valence-corrected chi connectivity index (χ0v) is 11.3. The SMILES string of the molecule is CC(=O)C=C(O)c1cc2c(ccc3ccccc32)oc1=O. The van der Waals surface area contributed by atoms with Crippen LogP contribution in [0.25, 0.3) is 27.5 Å². The van der Waals surface area contributed by atoms with Crippen LogP contribution < -0.4 is 5.63 Å². The molecule has 21 heavy (non-hydrogen) atoms. The van der Waals surface area contributed by atoms with Gasteiger partial charge < -0.3 is 9.52 Å². The summed E-state index contributed by atoms with van der Waals surface area (Å²) in [6, 6.07) is 12.8. The summed E-state index contributed by atoms with van der Waals surface area (Å²) < 4.78 is 5.24. The average molecular weight is 280 g/mol. The van der Waals surface area contributed by atoms with E-state index in [0.29, 0.717) is 11.0 Å². The molecule has 0 saturated carbocycles. The molecule has 0 bridgehead atoms. The minimum atomic E-state index is -0.673. The standard InChI is InChI=1S/C17H12O4/c1-10(18)8-15(19)14-9-13-12-5-3-2-4-11(12)6-7-16(13)21-17(14)20/h2-9,19H,1H3. The molecule has 0 aliphatic rings. The van der Waals surface area contributed by atoms with Crippen molar-refractivity contribution in [3.63, 3.8) is 0 Å². The summed E-state index contributed by atoms with van der Waals surface area (Å²) >= 11 is 0. The monoisotopic (exact) mass is 280 g/mol. The Balaban J connectivity index is 2.38. The molecule has 0 spiro atoms. The number of aliphatic hydroxyl groups is 1. The summed E-state index contributed by atoms with van der Waals surface area (Å²) in [7, 11) is 0. The minimum Gasteiger partial charge on any atom is -0.507 e. The van der Waals surface area contributed by atoms with Crippen molar-refractivity contribution in [2.45, 2.75) is 6.92 Å². The van der Waals surface area contributed by atoms with Gasteiger partial charge >= 0.3 is 5.63 Å². The predicted octanol–water partition coefficient (Wildman–Crippen LogP) is 3.43. The number of aliphatic hydroxyl groups excluding tert-OH is 1. The number of allylic oxidation sites excluding steroid dienone is 1. The van der Waals surface area contributed by atoms with Crippen molar-refractivity contribution < 1.29 is 14.3 Å². The van der Waals surface area contributed by atoms with E-state index < -0.39 is 5.63 Å². The molecule has 0 unspecified atom stereocenters. The van der Waals surface area contributed by atoms with Gasteiger partial charge in [0.2, 0.25) is 0 Å². The Morgan fingerprint density at radius 2 is 1.90 bits per heavy atom. The first kappa shape index (κ1) is 13.1. The lowest BCUT2D eigenvalue weighted by Gasteiger charge is -2.05. The Morgan fingerprint density at radius 3 is 2.67 bits per heavy atom. The number of hydrogen-bond donors (Lipinski definition) is 1. The lowest BCUT2D eigenvalue weighted by atomic mass is 10.0. The average Bonchev–Trinajstić information content (AvgIpc) is 2.45. The lowest BCUT2D eigenvalue weighted by molar-refractivity contribution is -0.112. The van der Waals surface area contributed by atoms with Gasteiger partial charge in [-0.2, -0.15) is 0 Å². The van der Waals surface area contributed by atoms with Gasteiger partial charge in [0.25, 0.3) is 0 Å². The molecule has 0 atom stereocenters. The number of carbonyl (C=O) groups excluding carboxylic acids is 1. The Labute approximate surface area is 119 Å². The first-order chi connectivity index (χ1) is 10.1. The summed E-state index contributed by atoms with van der Waals surface area (Å²) in [6.07, 6.45) is 1.00. The number of carbonyl (C=O) groups is 1. The van der Waals surface area contributed by atoms with E-state index in [1.54, 1.807) is 12.1 Å². The van der Waals surface area contributed by atoms with E-state index in [2.05, 4.69) is 0 Å². The normalized spacial score (nSPS) is 12.0. The molecule has 4 heteroatoms. The van der Waals surface area contributed by atoms with Crippen molar-refractivity contribution in [3.05, 3.63) is 64.5 Å². The fraction of sp³-hybridized carbons (Fsp3) is 0.0588. The van der Waals surface area contributed by atoms with Crippen LogP contribution in [0.15, 0.2) is 57.8 Å². The Morgan fingerprint density at radius 1 is 1.14 bits per heavy atom. The number of hydrogen-bond acceptors (Lipinski definition) is 4. The van der Waals surface area contributed by atoms with E-state index in [0.717, 1.165) is 16.8 Å². The van der Waals surface area contributed by atoms with Gasteiger partial charge in [-0.3, -0.25) is 4.79 Å². The fourth-order valence-electron chi connectivity index (χ4n) is 2.32. The maximum atomic E-state index is 11.9. The van der Waals surface area contributed by atoms with E-state index in [1.165, 1.54) is 6.92 Å². The van der Waals surface area contributed by atoms with Crippen LogP contribution in [0.3, 0.4) is 0 Å². The summed E-state index contributed by atoms with van der Waals surface area (Å²) in [5.74, 6) is -0.726. The van der Waals surface area contributed by atoms with Gasteiger partial charge in [0.05, 0.1) is 0 Å². The highest BCUT2D eigenvalue weighted by Crippen LogP contribution is 2.26. The van der Waals surface area contributed by atoms with Gasteiger partial charge in [-0.25, -0.2) is 4.79 Å². The molecule has 1 heterocycles. The molecule has 0 saturated heterocycles. The van der Waals surface area contributed by atoms with Crippen LogP contribution in [0.2, 0.25) is 0 Å². The third kappa shape index (κ3) is 2.31. The molecule has 4 nitrogen and oxygen atoms in total. The molecule has 0 radical (unpaired) electrons. The lowest BCUT2D eigenvalue weighted by Crippen LogP contribution is -2.07. The Kier molecular flexibility index (Phi) is 3.06.